The van der Waals surface area contributed by atoms with Crippen LogP contribution >= 0.6 is 0 Å². The Morgan fingerprint density at radius 2 is 1.91 bits per heavy atom. The lowest BCUT2D eigenvalue weighted by atomic mass is 10.1. The molecule has 0 amide bonds. The fourth-order valence-corrected chi connectivity index (χ4v) is 4.32. The molecular formula is C23H28N6O3S. The smallest absolute Gasteiger partial charge is 0.229 e. The van der Waals surface area contributed by atoms with Gasteiger partial charge in [-0.15, -0.1) is 0 Å². The van der Waals surface area contributed by atoms with E-state index in [2.05, 4.69) is 14.8 Å². The molecule has 174 valence electrons. The van der Waals surface area contributed by atoms with Crippen LogP contribution in [0.1, 0.15) is 24.0 Å². The minimum Gasteiger partial charge on any atom is -0.494 e. The zero-order valence-corrected chi connectivity index (χ0v) is 19.5. The molecule has 2 heterocycles. The number of nitrogen functional groups attached to an aromatic ring is 1. The molecule has 1 fully saturated rings. The average Bonchev–Trinajstić information content (AvgIpc) is 3.41. The molecule has 0 bridgehead atoms. The molecule has 1 aliphatic carbocycles. The number of benzene rings is 1. The number of aromatic nitrogens is 2. The molecule has 1 aromatic carbocycles. The van der Waals surface area contributed by atoms with Crippen LogP contribution in [0, 0.1) is 6.92 Å². The molecule has 9 nitrogen and oxygen atoms in total. The first-order valence-corrected chi connectivity index (χ1v) is 12.6. The van der Waals surface area contributed by atoms with Crippen LogP contribution in [-0.4, -0.2) is 53.3 Å². The molecule has 0 unspecified atom stereocenters. The van der Waals surface area contributed by atoms with Gasteiger partial charge in [0, 0.05) is 18.7 Å². The largest absolute Gasteiger partial charge is 0.494 e. The van der Waals surface area contributed by atoms with Crippen molar-refractivity contribution in [2.45, 2.75) is 26.3 Å². The van der Waals surface area contributed by atoms with E-state index in [1.807, 2.05) is 36.1 Å². The molecule has 4 rings (SSSR count). The third-order valence-electron chi connectivity index (χ3n) is 5.51. The molecule has 1 saturated heterocycles. The van der Waals surface area contributed by atoms with E-state index in [0.29, 0.717) is 29.3 Å². The van der Waals surface area contributed by atoms with Crippen molar-refractivity contribution in [3.05, 3.63) is 77.0 Å². The Bertz CT molecular complexity index is 1260. The fourth-order valence-electron chi connectivity index (χ4n) is 3.76. The summed E-state index contributed by atoms with van der Waals surface area (Å²) in [7, 11) is -3.57. The molecule has 4 N–H and O–H groups in total. The van der Waals surface area contributed by atoms with Crippen LogP contribution < -0.4 is 10.5 Å². The number of nitrogens with two attached hydrogens (primary N) is 1. The standard InChI is InChI=1S/C23H28N6O3S/c1-16-5-7-17(8-6-16)15-29-22(24)21(14-25-29)26-19-10-9-18(13-20(19)27-33(2,31)32)23(30)28-11-3-4-12-28/h5-10,13-14,27,30H,3-4,11-12,15,24H2,1-2H3. The van der Waals surface area contributed by atoms with Crippen molar-refractivity contribution in [3.8, 4) is 0 Å². The predicted octanol–water partition coefficient (Wildman–Crippen LogP) is 2.76. The number of anilines is 1. The summed E-state index contributed by atoms with van der Waals surface area (Å²) in [6, 6.07) is 8.09. The molecular weight excluding hydrogens is 440 g/mol. The average molecular weight is 469 g/mol. The first-order valence-electron chi connectivity index (χ1n) is 10.7. The van der Waals surface area contributed by atoms with Gasteiger partial charge >= 0.3 is 0 Å². The predicted molar refractivity (Wildman–Crippen MR) is 130 cm³/mol. The molecule has 1 aromatic heterocycles. The zero-order valence-electron chi connectivity index (χ0n) is 18.7. The first kappa shape index (κ1) is 22.7. The molecule has 10 heteroatoms. The summed E-state index contributed by atoms with van der Waals surface area (Å²) in [5.74, 6) is 0.498. The SMILES string of the molecule is Cc1ccc(Cn2ncc(N=C3C=CC(=C(O)N4CCCC4)C=C3NS(C)(=O)=O)c2N)cc1. The number of rotatable bonds is 6. The van der Waals surface area contributed by atoms with Crippen molar-refractivity contribution < 1.29 is 13.5 Å². The van der Waals surface area contributed by atoms with Gasteiger partial charge in [-0.25, -0.2) is 18.1 Å². The van der Waals surface area contributed by atoms with E-state index in [4.69, 9.17) is 5.73 Å². The summed E-state index contributed by atoms with van der Waals surface area (Å²) in [5, 5.41) is 15.0. The highest BCUT2D eigenvalue weighted by atomic mass is 32.2. The van der Waals surface area contributed by atoms with Gasteiger partial charge in [0.2, 0.25) is 10.0 Å². The molecule has 0 saturated carbocycles. The molecule has 2 aromatic rings. The van der Waals surface area contributed by atoms with Gasteiger partial charge < -0.3 is 15.7 Å². The summed E-state index contributed by atoms with van der Waals surface area (Å²) < 4.78 is 28.1. The number of aryl methyl sites for hydroxylation is 1. The topological polar surface area (TPSA) is 126 Å². The van der Waals surface area contributed by atoms with Crippen LogP contribution in [0.5, 0.6) is 0 Å². The summed E-state index contributed by atoms with van der Waals surface area (Å²) in [5.41, 5.74) is 10.1. The minimum absolute atomic E-state index is 0.126. The lowest BCUT2D eigenvalue weighted by Crippen LogP contribution is -2.27. The number of sulfonamides is 1. The molecule has 2 aliphatic rings. The van der Waals surface area contributed by atoms with Crippen LogP contribution in [0.2, 0.25) is 0 Å². The lowest BCUT2D eigenvalue weighted by Gasteiger charge is -2.20. The van der Waals surface area contributed by atoms with Crippen LogP contribution in [0.15, 0.2) is 70.8 Å². The van der Waals surface area contributed by atoms with E-state index in [0.717, 1.165) is 37.8 Å². The maximum absolute atomic E-state index is 12.0. The summed E-state index contributed by atoms with van der Waals surface area (Å²) in [6.45, 7) is 4.06. The van der Waals surface area contributed by atoms with Crippen LogP contribution in [0.25, 0.3) is 0 Å². The third kappa shape index (κ3) is 5.46. The van der Waals surface area contributed by atoms with E-state index < -0.39 is 10.0 Å². The summed E-state index contributed by atoms with van der Waals surface area (Å²) in [4.78, 5) is 6.44. The second kappa shape index (κ2) is 9.14. The second-order valence-electron chi connectivity index (χ2n) is 8.29. The number of aliphatic imine (C=N–C) groups is 1. The normalized spacial score (nSPS) is 19.2. The number of nitrogens with one attached hydrogen (secondary N) is 1. The Morgan fingerprint density at radius 3 is 2.58 bits per heavy atom. The van der Waals surface area contributed by atoms with Crippen molar-refractivity contribution in [2.24, 2.45) is 4.99 Å². The number of likely N-dealkylation sites (tertiary alicyclic amines) is 1. The Balaban J connectivity index is 1.64. The Hall–Kier alpha value is -3.53. The van der Waals surface area contributed by atoms with Gasteiger partial charge in [0.15, 0.2) is 5.88 Å². The zero-order chi connectivity index (χ0) is 23.6. The Labute approximate surface area is 193 Å². The minimum atomic E-state index is -3.57. The lowest BCUT2D eigenvalue weighted by molar-refractivity contribution is 0.230. The first-order chi connectivity index (χ1) is 15.7. The number of hydrogen-bond acceptors (Lipinski definition) is 7. The highest BCUT2D eigenvalue weighted by molar-refractivity contribution is 7.88. The van der Waals surface area contributed by atoms with Crippen molar-refractivity contribution in [2.75, 3.05) is 25.1 Å². The van der Waals surface area contributed by atoms with E-state index in [-0.39, 0.29) is 11.6 Å². The van der Waals surface area contributed by atoms with E-state index in [1.165, 1.54) is 5.56 Å². The highest BCUT2D eigenvalue weighted by Gasteiger charge is 2.21. The molecule has 0 atom stereocenters. The van der Waals surface area contributed by atoms with Crippen LogP contribution in [0.4, 0.5) is 11.5 Å². The van der Waals surface area contributed by atoms with Crippen molar-refractivity contribution >= 4 is 27.2 Å². The van der Waals surface area contributed by atoms with Crippen molar-refractivity contribution in [1.29, 1.82) is 0 Å². The Morgan fingerprint density at radius 1 is 1.21 bits per heavy atom. The summed E-state index contributed by atoms with van der Waals surface area (Å²) >= 11 is 0. The maximum Gasteiger partial charge on any atom is 0.229 e. The number of nitrogens with zero attached hydrogens (tertiary/aromatic N) is 4. The van der Waals surface area contributed by atoms with E-state index in [9.17, 15) is 13.5 Å². The number of aliphatic hydroxyl groups excluding tert-OH is 1. The van der Waals surface area contributed by atoms with Crippen LogP contribution in [-0.2, 0) is 16.6 Å². The van der Waals surface area contributed by atoms with Gasteiger partial charge in [0.1, 0.15) is 11.5 Å². The molecule has 33 heavy (non-hydrogen) atoms. The monoisotopic (exact) mass is 468 g/mol. The second-order valence-corrected chi connectivity index (χ2v) is 10.0. The van der Waals surface area contributed by atoms with E-state index in [1.54, 1.807) is 29.1 Å². The number of hydrogen-bond donors (Lipinski definition) is 3. The quantitative estimate of drug-likeness (QED) is 0.560. The van der Waals surface area contributed by atoms with Gasteiger partial charge in [-0.3, -0.25) is 4.72 Å². The molecule has 0 radical (unpaired) electrons. The van der Waals surface area contributed by atoms with Crippen molar-refractivity contribution in [3.63, 3.8) is 0 Å². The molecule has 0 spiro atoms. The fraction of sp³-hybridized carbons (Fsp3) is 0.304. The van der Waals surface area contributed by atoms with Crippen molar-refractivity contribution in [1.82, 2.24) is 19.4 Å². The third-order valence-corrected chi connectivity index (χ3v) is 6.10. The maximum atomic E-state index is 12.0. The van der Waals surface area contributed by atoms with Gasteiger partial charge in [-0.05, 0) is 43.6 Å². The highest BCUT2D eigenvalue weighted by Crippen LogP contribution is 2.26. The number of aliphatic hydroxyl groups is 1. The Kier molecular flexibility index (Phi) is 6.28. The van der Waals surface area contributed by atoms with E-state index >= 15 is 0 Å². The molecule has 1 aliphatic heterocycles. The summed E-state index contributed by atoms with van der Waals surface area (Å²) in [6.07, 6.45) is 9.60. The van der Waals surface area contributed by atoms with Gasteiger partial charge in [0.25, 0.3) is 0 Å². The van der Waals surface area contributed by atoms with Gasteiger partial charge in [0.05, 0.1) is 30.4 Å². The van der Waals surface area contributed by atoms with Gasteiger partial charge in [-0.2, -0.15) is 5.10 Å². The van der Waals surface area contributed by atoms with Crippen LogP contribution in [0.3, 0.4) is 0 Å². The number of allylic oxidation sites excluding steroid dienone is 4. The van der Waals surface area contributed by atoms with Gasteiger partial charge in [-0.1, -0.05) is 29.8 Å².